The van der Waals surface area contributed by atoms with Crippen LogP contribution in [0.5, 0.6) is 0 Å². The minimum absolute atomic E-state index is 0.108. The van der Waals surface area contributed by atoms with Crippen molar-refractivity contribution in [2.75, 3.05) is 0 Å². The van der Waals surface area contributed by atoms with Crippen LogP contribution in [0.1, 0.15) is 46.0 Å². The Bertz CT molecular complexity index is 275. The second kappa shape index (κ2) is 6.47. The summed E-state index contributed by atoms with van der Waals surface area (Å²) in [5, 5.41) is 13.9. The quantitative estimate of drug-likeness (QED) is 0.702. The van der Waals surface area contributed by atoms with Gasteiger partial charge in [0.05, 0.1) is 0 Å². The van der Waals surface area contributed by atoms with Crippen molar-refractivity contribution in [1.29, 1.82) is 0 Å². The van der Waals surface area contributed by atoms with E-state index in [0.717, 1.165) is 12.8 Å². The summed E-state index contributed by atoms with van der Waals surface area (Å²) in [6, 6.07) is -1.14. The van der Waals surface area contributed by atoms with Crippen LogP contribution in [0.2, 0.25) is 0 Å². The first-order valence-electron chi connectivity index (χ1n) is 6.30. The van der Waals surface area contributed by atoms with Crippen molar-refractivity contribution < 1.29 is 14.7 Å². The van der Waals surface area contributed by atoms with E-state index in [2.05, 4.69) is 10.6 Å². The summed E-state index contributed by atoms with van der Waals surface area (Å²) in [5.74, 6) is -0.500. The largest absolute Gasteiger partial charge is 0.480 e. The summed E-state index contributed by atoms with van der Waals surface area (Å²) in [6.07, 6.45) is 6.03. The molecular formula is C12H22N2O3. The van der Waals surface area contributed by atoms with Crippen LogP contribution in [0.15, 0.2) is 0 Å². The lowest BCUT2D eigenvalue weighted by atomic mass is 9.85. The summed E-state index contributed by atoms with van der Waals surface area (Å²) in [5.41, 5.74) is 0. The van der Waals surface area contributed by atoms with Gasteiger partial charge >= 0.3 is 12.0 Å². The van der Waals surface area contributed by atoms with E-state index in [9.17, 15) is 9.59 Å². The smallest absolute Gasteiger partial charge is 0.325 e. The van der Waals surface area contributed by atoms with Crippen LogP contribution in [0, 0.1) is 5.92 Å². The topological polar surface area (TPSA) is 78.4 Å². The van der Waals surface area contributed by atoms with E-state index < -0.39 is 18.0 Å². The Balaban J connectivity index is 2.31. The minimum Gasteiger partial charge on any atom is -0.480 e. The highest BCUT2D eigenvalue weighted by Gasteiger charge is 2.22. The molecule has 0 spiro atoms. The fourth-order valence-electron chi connectivity index (χ4n) is 2.26. The van der Waals surface area contributed by atoms with Gasteiger partial charge in [0.25, 0.3) is 0 Å². The molecular weight excluding hydrogens is 220 g/mol. The van der Waals surface area contributed by atoms with Crippen molar-refractivity contribution in [2.24, 2.45) is 5.92 Å². The Kier molecular flexibility index (Phi) is 5.25. The molecule has 0 aromatic rings. The number of carboxylic acid groups (broad SMARTS) is 1. The molecule has 0 bridgehead atoms. The Morgan fingerprint density at radius 2 is 1.71 bits per heavy atom. The number of rotatable bonds is 4. The third kappa shape index (κ3) is 4.63. The third-order valence-corrected chi connectivity index (χ3v) is 3.43. The molecule has 1 fully saturated rings. The van der Waals surface area contributed by atoms with Crippen LogP contribution in [-0.4, -0.2) is 29.2 Å². The van der Waals surface area contributed by atoms with E-state index >= 15 is 0 Å². The average Bonchev–Trinajstić information content (AvgIpc) is 2.29. The number of carbonyl (C=O) groups is 2. The number of carboxylic acids is 1. The molecule has 1 unspecified atom stereocenters. The SMILES string of the molecule is CC(NC(=O)N[C@@H](C)C(=O)O)C1CCCCC1. The second-order valence-electron chi connectivity index (χ2n) is 4.86. The fourth-order valence-corrected chi connectivity index (χ4v) is 2.26. The molecule has 0 radical (unpaired) electrons. The first kappa shape index (κ1) is 13.8. The standard InChI is InChI=1S/C12H22N2O3/c1-8(10-6-4-3-5-7-10)13-12(17)14-9(2)11(15)16/h8-10H,3-7H2,1-2H3,(H,15,16)(H2,13,14,17)/t8?,9-/m0/s1. The van der Waals surface area contributed by atoms with Crippen molar-refractivity contribution in [3.05, 3.63) is 0 Å². The van der Waals surface area contributed by atoms with Gasteiger partial charge in [-0.3, -0.25) is 4.79 Å². The molecule has 1 aliphatic carbocycles. The number of hydrogen-bond acceptors (Lipinski definition) is 2. The third-order valence-electron chi connectivity index (χ3n) is 3.43. The van der Waals surface area contributed by atoms with Gasteiger partial charge < -0.3 is 15.7 Å². The van der Waals surface area contributed by atoms with Gasteiger partial charge in [-0.25, -0.2) is 4.79 Å². The number of hydrogen-bond donors (Lipinski definition) is 3. The molecule has 1 saturated carbocycles. The van der Waals surface area contributed by atoms with Gasteiger partial charge in [0.2, 0.25) is 0 Å². The molecule has 0 aromatic heterocycles. The van der Waals surface area contributed by atoms with Crippen LogP contribution in [0.25, 0.3) is 0 Å². The zero-order valence-corrected chi connectivity index (χ0v) is 10.5. The van der Waals surface area contributed by atoms with Gasteiger partial charge in [0.1, 0.15) is 6.04 Å². The number of carbonyl (C=O) groups excluding carboxylic acids is 1. The highest BCUT2D eigenvalue weighted by molar-refractivity contribution is 5.82. The zero-order chi connectivity index (χ0) is 12.8. The molecule has 0 heterocycles. The van der Waals surface area contributed by atoms with Gasteiger partial charge in [0.15, 0.2) is 0 Å². The number of amides is 2. The van der Waals surface area contributed by atoms with Crippen LogP contribution < -0.4 is 10.6 Å². The van der Waals surface area contributed by atoms with Crippen LogP contribution in [-0.2, 0) is 4.79 Å². The lowest BCUT2D eigenvalue weighted by molar-refractivity contribution is -0.138. The average molecular weight is 242 g/mol. The van der Waals surface area contributed by atoms with E-state index in [4.69, 9.17) is 5.11 Å². The predicted octanol–water partition coefficient (Wildman–Crippen LogP) is 1.73. The summed E-state index contributed by atoms with van der Waals surface area (Å²) < 4.78 is 0. The molecule has 98 valence electrons. The van der Waals surface area contributed by atoms with Crippen LogP contribution in [0.4, 0.5) is 4.79 Å². The van der Waals surface area contributed by atoms with Gasteiger partial charge in [0, 0.05) is 6.04 Å². The second-order valence-corrected chi connectivity index (χ2v) is 4.86. The first-order chi connectivity index (χ1) is 8.00. The lowest BCUT2D eigenvalue weighted by Gasteiger charge is -2.28. The molecule has 2 amide bonds. The summed E-state index contributed by atoms with van der Waals surface area (Å²) >= 11 is 0. The summed E-state index contributed by atoms with van der Waals surface area (Å²) in [6.45, 7) is 3.44. The number of aliphatic carboxylic acids is 1. The van der Waals surface area contributed by atoms with Crippen molar-refractivity contribution in [1.82, 2.24) is 10.6 Å². The van der Waals surface area contributed by atoms with E-state index in [1.54, 1.807) is 0 Å². The fraction of sp³-hybridized carbons (Fsp3) is 0.833. The van der Waals surface area contributed by atoms with Gasteiger partial charge in [-0.2, -0.15) is 0 Å². The van der Waals surface area contributed by atoms with Crippen molar-refractivity contribution in [3.8, 4) is 0 Å². The lowest BCUT2D eigenvalue weighted by Crippen LogP contribution is -2.49. The van der Waals surface area contributed by atoms with Crippen molar-refractivity contribution >= 4 is 12.0 Å². The number of nitrogens with one attached hydrogen (secondary N) is 2. The maximum Gasteiger partial charge on any atom is 0.325 e. The van der Waals surface area contributed by atoms with E-state index in [1.165, 1.54) is 26.2 Å². The predicted molar refractivity (Wildman–Crippen MR) is 64.8 cm³/mol. The maximum absolute atomic E-state index is 11.5. The van der Waals surface area contributed by atoms with Crippen LogP contribution >= 0.6 is 0 Å². The molecule has 5 heteroatoms. The van der Waals surface area contributed by atoms with Gasteiger partial charge in [-0.1, -0.05) is 19.3 Å². The summed E-state index contributed by atoms with van der Waals surface area (Å²) in [4.78, 5) is 22.1. The van der Waals surface area contributed by atoms with E-state index in [0.29, 0.717) is 5.92 Å². The molecule has 0 aliphatic heterocycles. The van der Waals surface area contributed by atoms with Gasteiger partial charge in [-0.15, -0.1) is 0 Å². The normalized spacial score (nSPS) is 20.4. The van der Waals surface area contributed by atoms with Crippen molar-refractivity contribution in [2.45, 2.75) is 58.0 Å². The molecule has 5 nitrogen and oxygen atoms in total. The number of urea groups is 1. The Morgan fingerprint density at radius 1 is 1.12 bits per heavy atom. The zero-order valence-electron chi connectivity index (χ0n) is 10.5. The molecule has 17 heavy (non-hydrogen) atoms. The maximum atomic E-state index is 11.5. The molecule has 3 N–H and O–H groups in total. The Labute approximate surface area is 102 Å². The Morgan fingerprint density at radius 3 is 2.24 bits per heavy atom. The molecule has 0 aromatic carbocycles. The highest BCUT2D eigenvalue weighted by Crippen LogP contribution is 2.26. The van der Waals surface area contributed by atoms with Crippen LogP contribution in [0.3, 0.4) is 0 Å². The highest BCUT2D eigenvalue weighted by atomic mass is 16.4. The minimum atomic E-state index is -1.02. The Hall–Kier alpha value is -1.26. The van der Waals surface area contributed by atoms with Gasteiger partial charge in [-0.05, 0) is 32.6 Å². The molecule has 1 rings (SSSR count). The monoisotopic (exact) mass is 242 g/mol. The van der Waals surface area contributed by atoms with Crippen molar-refractivity contribution in [3.63, 3.8) is 0 Å². The van der Waals surface area contributed by atoms with E-state index in [1.807, 2.05) is 6.92 Å². The van der Waals surface area contributed by atoms with E-state index in [-0.39, 0.29) is 6.04 Å². The molecule has 1 aliphatic rings. The molecule has 2 atom stereocenters. The molecule has 0 saturated heterocycles. The first-order valence-corrected chi connectivity index (χ1v) is 6.30. The summed E-state index contributed by atoms with van der Waals surface area (Å²) in [7, 11) is 0.